The highest BCUT2D eigenvalue weighted by molar-refractivity contribution is 5.95. The second-order valence-electron chi connectivity index (χ2n) is 11.2. The van der Waals surface area contributed by atoms with Crippen molar-refractivity contribution in [1.82, 2.24) is 10.6 Å². The predicted molar refractivity (Wildman–Crippen MR) is 116 cm³/mol. The van der Waals surface area contributed by atoms with Crippen molar-refractivity contribution >= 4 is 17.6 Å². The third-order valence-corrected chi connectivity index (χ3v) is 7.08. The monoisotopic (exact) mass is 397 g/mol. The molecule has 4 saturated carbocycles. The van der Waals surface area contributed by atoms with Gasteiger partial charge in [0.1, 0.15) is 0 Å². The molecule has 5 nitrogen and oxygen atoms in total. The van der Waals surface area contributed by atoms with Crippen molar-refractivity contribution in [3.8, 4) is 0 Å². The van der Waals surface area contributed by atoms with Crippen LogP contribution in [0.3, 0.4) is 0 Å². The average Bonchev–Trinajstić information content (AvgIpc) is 2.56. The molecule has 0 aromatic heterocycles. The molecule has 3 N–H and O–H groups in total. The van der Waals surface area contributed by atoms with E-state index < -0.39 is 0 Å². The Morgan fingerprint density at radius 3 is 2.17 bits per heavy atom. The first-order valence-electron chi connectivity index (χ1n) is 11.1. The van der Waals surface area contributed by atoms with E-state index in [1.165, 1.54) is 19.3 Å². The average molecular weight is 398 g/mol. The quantitative estimate of drug-likeness (QED) is 0.658. The van der Waals surface area contributed by atoms with Gasteiger partial charge in [0, 0.05) is 23.3 Å². The Kier molecular flexibility index (Phi) is 4.91. The molecule has 2 unspecified atom stereocenters. The number of carbonyl (C=O) groups excluding carboxylic acids is 2. The lowest BCUT2D eigenvalue weighted by Crippen LogP contribution is -2.65. The van der Waals surface area contributed by atoms with Gasteiger partial charge in [-0.2, -0.15) is 0 Å². The van der Waals surface area contributed by atoms with Crippen molar-refractivity contribution in [2.24, 2.45) is 22.7 Å². The van der Waals surface area contributed by atoms with E-state index in [1.807, 2.05) is 0 Å². The van der Waals surface area contributed by atoms with Crippen LogP contribution in [0, 0.1) is 22.7 Å². The van der Waals surface area contributed by atoms with Crippen LogP contribution in [0.1, 0.15) is 76.6 Å². The smallest absolute Gasteiger partial charge is 0.319 e. The van der Waals surface area contributed by atoms with Gasteiger partial charge in [0.25, 0.3) is 5.91 Å². The molecule has 0 aliphatic heterocycles. The number of nitrogens with one attached hydrogen (secondary N) is 3. The fourth-order valence-corrected chi connectivity index (χ4v) is 7.09. The number of carbonyl (C=O) groups is 2. The molecule has 0 saturated heterocycles. The van der Waals surface area contributed by atoms with Crippen molar-refractivity contribution in [3.63, 3.8) is 0 Å². The Balaban J connectivity index is 1.37. The minimum Gasteiger partial charge on any atom is -0.352 e. The standard InChI is InChI=1S/C24H35N3O2/c1-16(2)12-25-20(28)18-5-7-19(8-6-18)26-21(29)27-24-11-17-9-22(3,14-24)13-23(4,10-17)15-24/h5-8,16-17H,9-15H2,1-4H3,(H,25,28)(H2,26,27,29)/t17?,22-,23+,24?. The van der Waals surface area contributed by atoms with Crippen LogP contribution >= 0.6 is 0 Å². The first-order valence-corrected chi connectivity index (χ1v) is 11.1. The number of hydrogen-bond acceptors (Lipinski definition) is 2. The second-order valence-corrected chi connectivity index (χ2v) is 11.2. The van der Waals surface area contributed by atoms with Gasteiger partial charge in [0.2, 0.25) is 0 Å². The van der Waals surface area contributed by atoms with Gasteiger partial charge in [-0.3, -0.25) is 4.79 Å². The van der Waals surface area contributed by atoms with Crippen molar-refractivity contribution in [2.45, 2.75) is 71.8 Å². The number of rotatable bonds is 5. The Bertz CT molecular complexity index is 783. The van der Waals surface area contributed by atoms with E-state index in [0.29, 0.717) is 34.5 Å². The summed E-state index contributed by atoms with van der Waals surface area (Å²) in [6.45, 7) is 9.61. The van der Waals surface area contributed by atoms with Crippen LogP contribution in [0.4, 0.5) is 10.5 Å². The Morgan fingerprint density at radius 1 is 1.00 bits per heavy atom. The molecule has 5 rings (SSSR count). The fourth-order valence-electron chi connectivity index (χ4n) is 7.09. The molecular formula is C24H35N3O2. The molecule has 4 bridgehead atoms. The van der Waals surface area contributed by atoms with E-state index in [-0.39, 0.29) is 17.5 Å². The van der Waals surface area contributed by atoms with Gasteiger partial charge in [-0.15, -0.1) is 0 Å². The highest BCUT2D eigenvalue weighted by Crippen LogP contribution is 2.66. The summed E-state index contributed by atoms with van der Waals surface area (Å²) in [5, 5.41) is 9.25. The third-order valence-electron chi connectivity index (χ3n) is 7.08. The molecule has 3 amide bonds. The number of anilines is 1. The predicted octanol–water partition coefficient (Wildman–Crippen LogP) is 4.94. The van der Waals surface area contributed by atoms with Crippen LogP contribution < -0.4 is 16.0 Å². The molecule has 1 aromatic rings. The molecule has 4 aliphatic rings. The lowest BCUT2D eigenvalue weighted by molar-refractivity contribution is -0.113. The zero-order valence-corrected chi connectivity index (χ0v) is 18.2. The molecule has 29 heavy (non-hydrogen) atoms. The first kappa shape index (κ1) is 20.2. The fraction of sp³-hybridized carbons (Fsp3) is 0.667. The molecule has 0 spiro atoms. The van der Waals surface area contributed by atoms with Crippen LogP contribution in [-0.2, 0) is 0 Å². The topological polar surface area (TPSA) is 70.2 Å². The van der Waals surface area contributed by atoms with Crippen LogP contribution in [0.15, 0.2) is 24.3 Å². The van der Waals surface area contributed by atoms with Gasteiger partial charge in [-0.1, -0.05) is 27.7 Å². The number of benzene rings is 1. The van der Waals surface area contributed by atoms with Crippen LogP contribution in [0.2, 0.25) is 0 Å². The molecule has 5 heteroatoms. The summed E-state index contributed by atoms with van der Waals surface area (Å²) in [6, 6.07) is 6.99. The van der Waals surface area contributed by atoms with Crippen molar-refractivity contribution in [2.75, 3.05) is 11.9 Å². The van der Waals surface area contributed by atoms with E-state index in [9.17, 15) is 9.59 Å². The van der Waals surface area contributed by atoms with Gasteiger partial charge >= 0.3 is 6.03 Å². The maximum Gasteiger partial charge on any atom is 0.319 e. The Labute approximate surface area is 174 Å². The van der Waals surface area contributed by atoms with Crippen LogP contribution in [0.25, 0.3) is 0 Å². The molecule has 0 heterocycles. The van der Waals surface area contributed by atoms with Gasteiger partial charge in [0.05, 0.1) is 0 Å². The molecule has 4 atom stereocenters. The van der Waals surface area contributed by atoms with Crippen LogP contribution in [-0.4, -0.2) is 24.0 Å². The summed E-state index contributed by atoms with van der Waals surface area (Å²) in [6.07, 6.45) is 7.22. The largest absolute Gasteiger partial charge is 0.352 e. The van der Waals surface area contributed by atoms with Crippen LogP contribution in [0.5, 0.6) is 0 Å². The molecule has 4 fully saturated rings. The Morgan fingerprint density at radius 2 is 1.62 bits per heavy atom. The van der Waals surface area contributed by atoms with Gasteiger partial charge < -0.3 is 16.0 Å². The van der Waals surface area contributed by atoms with Crippen molar-refractivity contribution in [3.05, 3.63) is 29.8 Å². The first-order chi connectivity index (χ1) is 13.6. The summed E-state index contributed by atoms with van der Waals surface area (Å²) in [4.78, 5) is 24.9. The maximum atomic E-state index is 12.8. The molecule has 0 radical (unpaired) electrons. The maximum absolute atomic E-state index is 12.8. The van der Waals surface area contributed by atoms with Crippen molar-refractivity contribution in [1.29, 1.82) is 0 Å². The molecule has 158 valence electrons. The molecule has 1 aromatic carbocycles. The zero-order chi connectivity index (χ0) is 20.9. The van der Waals surface area contributed by atoms with Gasteiger partial charge in [-0.25, -0.2) is 4.79 Å². The summed E-state index contributed by atoms with van der Waals surface area (Å²) >= 11 is 0. The van der Waals surface area contributed by atoms with E-state index in [1.54, 1.807) is 24.3 Å². The van der Waals surface area contributed by atoms with E-state index >= 15 is 0 Å². The number of hydrogen-bond donors (Lipinski definition) is 3. The highest BCUT2D eigenvalue weighted by atomic mass is 16.2. The molecule has 4 aliphatic carbocycles. The van der Waals surface area contributed by atoms with E-state index in [4.69, 9.17) is 0 Å². The van der Waals surface area contributed by atoms with E-state index in [2.05, 4.69) is 43.6 Å². The summed E-state index contributed by atoms with van der Waals surface area (Å²) in [5.74, 6) is 1.08. The van der Waals surface area contributed by atoms with Crippen molar-refractivity contribution < 1.29 is 9.59 Å². The molecular weight excluding hydrogens is 362 g/mol. The third kappa shape index (κ3) is 4.29. The summed E-state index contributed by atoms with van der Waals surface area (Å²) < 4.78 is 0. The zero-order valence-electron chi connectivity index (χ0n) is 18.2. The number of urea groups is 1. The van der Waals surface area contributed by atoms with E-state index in [0.717, 1.165) is 25.2 Å². The second kappa shape index (κ2) is 7.03. The lowest BCUT2D eigenvalue weighted by atomic mass is 9.43. The van der Waals surface area contributed by atoms with Gasteiger partial charge in [0.15, 0.2) is 0 Å². The highest BCUT2D eigenvalue weighted by Gasteiger charge is 2.60. The SMILES string of the molecule is CC(C)CNC(=O)c1ccc(NC(=O)NC23CC4C[C@@](C)(C2)C[C@](C)(C4)C3)cc1. The van der Waals surface area contributed by atoms with Gasteiger partial charge in [-0.05, 0) is 85.5 Å². The normalized spacial score (nSPS) is 34.9. The minimum atomic E-state index is -0.129. The number of amides is 3. The summed E-state index contributed by atoms with van der Waals surface area (Å²) in [5.41, 5.74) is 1.99. The minimum absolute atomic E-state index is 0.0658. The summed E-state index contributed by atoms with van der Waals surface area (Å²) in [7, 11) is 0. The Hall–Kier alpha value is -2.04. The lowest BCUT2D eigenvalue weighted by Gasteiger charge is -2.65.